The van der Waals surface area contributed by atoms with Gasteiger partial charge in [0.05, 0.1) is 0 Å². The molecule has 2 aliphatic rings. The van der Waals surface area contributed by atoms with Crippen LogP contribution >= 0.6 is 7.14 Å². The van der Waals surface area contributed by atoms with Crippen LogP contribution in [0.15, 0.2) is 36.4 Å². The normalized spacial score (nSPS) is 18.9. The first-order chi connectivity index (χ1) is 12.3. The molecule has 0 fully saturated rings. The van der Waals surface area contributed by atoms with E-state index >= 15 is 0 Å². The minimum Gasteiger partial charge on any atom is -0.492 e. The molecule has 0 aliphatic carbocycles. The Morgan fingerprint density at radius 3 is 2.81 bits per heavy atom. The van der Waals surface area contributed by atoms with Crippen molar-refractivity contribution in [2.75, 3.05) is 31.4 Å². The van der Waals surface area contributed by atoms with Gasteiger partial charge in [0, 0.05) is 23.1 Å². The number of fused-ring (bicyclic) bond motifs is 2. The Bertz CT molecular complexity index is 937. The van der Waals surface area contributed by atoms with E-state index in [1.165, 1.54) is 12.1 Å². The van der Waals surface area contributed by atoms with Crippen molar-refractivity contribution >= 4 is 24.0 Å². The number of nitrogens with zero attached hydrogens (tertiary/aromatic N) is 1. The number of anilines is 1. The van der Waals surface area contributed by atoms with E-state index in [0.717, 1.165) is 29.4 Å². The first-order valence-corrected chi connectivity index (χ1v) is 11.4. The lowest BCUT2D eigenvalue weighted by atomic mass is 9.96. The molecule has 136 valence electrons. The maximum absolute atomic E-state index is 13.7. The molecule has 0 spiro atoms. The predicted molar refractivity (Wildman–Crippen MR) is 101 cm³/mol. The fourth-order valence-electron chi connectivity index (χ4n) is 3.71. The molecule has 1 atom stereocenters. The second-order valence-corrected chi connectivity index (χ2v) is 10.5. The standard InChI is InChI=1S/C20H21FNO3P/c1-26(2,24)15-7-5-13-4-3-9-22(18(13)11-15)20(23)17-12-25-19-8-6-14(21)10-16(17)19/h5-8,10-11,17H,3-4,9,12H2,1-2H3. The fourth-order valence-corrected chi connectivity index (χ4v) is 4.57. The van der Waals surface area contributed by atoms with Gasteiger partial charge in [0.15, 0.2) is 0 Å². The molecule has 0 saturated carbocycles. The molecule has 26 heavy (non-hydrogen) atoms. The van der Waals surface area contributed by atoms with Crippen LogP contribution in [-0.4, -0.2) is 32.4 Å². The summed E-state index contributed by atoms with van der Waals surface area (Å²) in [6.45, 7) is 4.29. The first-order valence-electron chi connectivity index (χ1n) is 8.77. The molecular weight excluding hydrogens is 352 g/mol. The van der Waals surface area contributed by atoms with Crippen LogP contribution in [0.25, 0.3) is 0 Å². The van der Waals surface area contributed by atoms with E-state index in [-0.39, 0.29) is 18.3 Å². The Morgan fingerprint density at radius 1 is 1.23 bits per heavy atom. The number of amides is 1. The predicted octanol–water partition coefficient (Wildman–Crippen LogP) is 3.53. The molecule has 1 unspecified atom stereocenters. The highest BCUT2D eigenvalue weighted by Crippen LogP contribution is 2.40. The van der Waals surface area contributed by atoms with Crippen molar-refractivity contribution in [1.82, 2.24) is 0 Å². The van der Waals surface area contributed by atoms with Crippen LogP contribution < -0.4 is 14.9 Å². The van der Waals surface area contributed by atoms with Crippen LogP contribution in [-0.2, 0) is 15.8 Å². The maximum Gasteiger partial charge on any atom is 0.238 e. The molecule has 2 heterocycles. The zero-order valence-corrected chi connectivity index (χ0v) is 15.8. The van der Waals surface area contributed by atoms with Gasteiger partial charge in [-0.3, -0.25) is 4.79 Å². The zero-order valence-electron chi connectivity index (χ0n) is 14.9. The monoisotopic (exact) mass is 373 g/mol. The number of aryl methyl sites for hydroxylation is 1. The molecule has 0 N–H and O–H groups in total. The summed E-state index contributed by atoms with van der Waals surface area (Å²) >= 11 is 0. The second-order valence-electron chi connectivity index (χ2n) is 7.30. The zero-order chi connectivity index (χ0) is 18.5. The van der Waals surface area contributed by atoms with Crippen molar-refractivity contribution < 1.29 is 18.5 Å². The highest BCUT2D eigenvalue weighted by molar-refractivity contribution is 7.70. The smallest absolute Gasteiger partial charge is 0.238 e. The number of carbonyl (C=O) groups is 1. The molecule has 2 aromatic rings. The Morgan fingerprint density at radius 2 is 2.04 bits per heavy atom. The van der Waals surface area contributed by atoms with Crippen LogP contribution in [0.2, 0.25) is 0 Å². The molecule has 4 rings (SSSR count). The largest absolute Gasteiger partial charge is 0.492 e. The Hall–Kier alpha value is -2.13. The van der Waals surface area contributed by atoms with Crippen LogP contribution in [0, 0.1) is 5.82 Å². The van der Waals surface area contributed by atoms with Crippen molar-refractivity contribution in [3.05, 3.63) is 53.3 Å². The van der Waals surface area contributed by atoms with Crippen molar-refractivity contribution in [3.63, 3.8) is 0 Å². The SMILES string of the molecule is CP(C)(=O)c1ccc2c(c1)N(C(=O)C1COc3ccc(F)cc31)CCC2. The lowest BCUT2D eigenvalue weighted by molar-refractivity contribution is -0.120. The summed E-state index contributed by atoms with van der Waals surface area (Å²) in [5.41, 5.74) is 2.52. The summed E-state index contributed by atoms with van der Waals surface area (Å²) in [4.78, 5) is 15.0. The molecular formula is C20H21FNO3P. The van der Waals surface area contributed by atoms with E-state index in [9.17, 15) is 13.8 Å². The third kappa shape index (κ3) is 2.95. The van der Waals surface area contributed by atoms with E-state index in [0.29, 0.717) is 17.9 Å². The van der Waals surface area contributed by atoms with Gasteiger partial charge in [-0.15, -0.1) is 0 Å². The molecule has 0 bridgehead atoms. The number of halogens is 1. The van der Waals surface area contributed by atoms with E-state index in [2.05, 4.69) is 0 Å². The number of hydrogen-bond acceptors (Lipinski definition) is 3. The van der Waals surface area contributed by atoms with Crippen molar-refractivity contribution in [2.24, 2.45) is 0 Å². The topological polar surface area (TPSA) is 46.6 Å². The quantitative estimate of drug-likeness (QED) is 0.757. The number of benzene rings is 2. The van der Waals surface area contributed by atoms with Crippen molar-refractivity contribution in [2.45, 2.75) is 18.8 Å². The van der Waals surface area contributed by atoms with Crippen molar-refractivity contribution in [3.8, 4) is 5.75 Å². The van der Waals surface area contributed by atoms with Crippen LogP contribution in [0.4, 0.5) is 10.1 Å². The van der Waals surface area contributed by atoms with Crippen molar-refractivity contribution in [1.29, 1.82) is 0 Å². The number of ether oxygens (including phenoxy) is 1. The third-order valence-corrected chi connectivity index (χ3v) is 6.65. The maximum atomic E-state index is 13.7. The van der Waals surface area contributed by atoms with E-state index < -0.39 is 13.1 Å². The minimum atomic E-state index is -2.42. The van der Waals surface area contributed by atoms with Crippen LogP contribution in [0.1, 0.15) is 23.5 Å². The Balaban J connectivity index is 1.72. The number of carbonyl (C=O) groups excluding carboxylic acids is 1. The van der Waals surface area contributed by atoms with Gasteiger partial charge >= 0.3 is 0 Å². The fraction of sp³-hybridized carbons (Fsp3) is 0.350. The summed E-state index contributed by atoms with van der Waals surface area (Å²) in [6.07, 6.45) is 1.76. The van der Waals surface area contributed by atoms with E-state index in [1.54, 1.807) is 24.3 Å². The van der Waals surface area contributed by atoms with Gasteiger partial charge in [0.2, 0.25) is 5.91 Å². The average Bonchev–Trinajstić information content (AvgIpc) is 3.02. The van der Waals surface area contributed by atoms with Gasteiger partial charge < -0.3 is 14.2 Å². The first kappa shape index (κ1) is 17.3. The molecule has 0 saturated heterocycles. The van der Waals surface area contributed by atoms with Crippen LogP contribution in [0.3, 0.4) is 0 Å². The Labute approximate surface area is 152 Å². The minimum absolute atomic E-state index is 0.0884. The van der Waals surface area contributed by atoms with Gasteiger partial charge in [-0.1, -0.05) is 12.1 Å². The number of rotatable bonds is 2. The molecule has 2 aliphatic heterocycles. The highest BCUT2D eigenvalue weighted by Gasteiger charge is 2.36. The molecule has 0 aromatic heterocycles. The summed E-state index contributed by atoms with van der Waals surface area (Å²) in [6, 6.07) is 10.1. The van der Waals surface area contributed by atoms with Gasteiger partial charge in [-0.05, 0) is 56.0 Å². The second kappa shape index (κ2) is 6.24. The lowest BCUT2D eigenvalue weighted by Crippen LogP contribution is -2.39. The highest BCUT2D eigenvalue weighted by atomic mass is 31.2. The van der Waals surface area contributed by atoms with E-state index in [4.69, 9.17) is 4.74 Å². The molecule has 2 aromatic carbocycles. The van der Waals surface area contributed by atoms with Gasteiger partial charge in [0.1, 0.15) is 31.2 Å². The summed E-state index contributed by atoms with van der Waals surface area (Å²) in [7, 11) is -2.42. The van der Waals surface area contributed by atoms with E-state index in [1.807, 2.05) is 18.2 Å². The number of hydrogen-bond donors (Lipinski definition) is 0. The van der Waals surface area contributed by atoms with Gasteiger partial charge in [-0.2, -0.15) is 0 Å². The molecule has 4 nitrogen and oxygen atoms in total. The van der Waals surface area contributed by atoms with Gasteiger partial charge in [-0.25, -0.2) is 4.39 Å². The average molecular weight is 373 g/mol. The van der Waals surface area contributed by atoms with Crippen LogP contribution in [0.5, 0.6) is 5.75 Å². The summed E-state index contributed by atoms with van der Waals surface area (Å²) in [5.74, 6) is -0.395. The Kier molecular flexibility index (Phi) is 4.15. The van der Waals surface area contributed by atoms with Gasteiger partial charge in [0.25, 0.3) is 0 Å². The summed E-state index contributed by atoms with van der Waals surface area (Å²) in [5, 5.41) is 0.769. The summed E-state index contributed by atoms with van der Waals surface area (Å²) < 4.78 is 31.7. The third-order valence-electron chi connectivity index (χ3n) is 5.13. The molecule has 1 amide bonds. The molecule has 0 radical (unpaired) electrons. The molecule has 6 heteroatoms. The lowest BCUT2D eigenvalue weighted by Gasteiger charge is -2.32.